The first-order valence-electron chi connectivity index (χ1n) is 6.29. The topological polar surface area (TPSA) is 72.6 Å². The van der Waals surface area contributed by atoms with E-state index in [9.17, 15) is 19.6 Å². The molecule has 2 aromatic carbocycles. The second-order valence-electron chi connectivity index (χ2n) is 4.70. The summed E-state index contributed by atoms with van der Waals surface area (Å²) in [4.78, 5) is 10.5. The third-order valence-electron chi connectivity index (χ3n) is 2.97. The van der Waals surface area contributed by atoms with Crippen LogP contribution in [0.2, 0.25) is 0 Å². The molecule has 0 saturated heterocycles. The predicted octanol–water partition coefficient (Wildman–Crippen LogP) is 3.89. The van der Waals surface area contributed by atoms with Crippen LogP contribution in [0.4, 0.5) is 10.1 Å². The van der Waals surface area contributed by atoms with Crippen molar-refractivity contribution in [2.75, 3.05) is 0 Å². The van der Waals surface area contributed by atoms with Crippen molar-refractivity contribution in [1.82, 2.24) is 0 Å². The fourth-order valence-corrected chi connectivity index (χ4v) is 1.83. The summed E-state index contributed by atoms with van der Waals surface area (Å²) in [6, 6.07) is 8.34. The Morgan fingerprint density at radius 3 is 2.57 bits per heavy atom. The van der Waals surface area contributed by atoms with Crippen LogP contribution in [0.25, 0.3) is 0 Å². The lowest BCUT2D eigenvalue weighted by Gasteiger charge is -2.10. The molecule has 0 aliphatic rings. The standard InChI is InChI=1S/C15H14FNO4/c1-9-3-5-12(16)15(7-9)21-14-6-4-11(10(2)18)8-13(14)17(19)20/h3-8,10,18H,1-2H3/t10-/m1/s1. The van der Waals surface area contributed by atoms with Crippen LogP contribution in [0.1, 0.15) is 24.2 Å². The van der Waals surface area contributed by atoms with Gasteiger partial charge in [0.2, 0.25) is 5.75 Å². The smallest absolute Gasteiger partial charge is 0.311 e. The predicted molar refractivity (Wildman–Crippen MR) is 74.9 cm³/mol. The third kappa shape index (κ3) is 3.35. The molecular weight excluding hydrogens is 277 g/mol. The molecule has 0 bridgehead atoms. The second-order valence-corrected chi connectivity index (χ2v) is 4.70. The number of ether oxygens (including phenoxy) is 1. The summed E-state index contributed by atoms with van der Waals surface area (Å²) >= 11 is 0. The van der Waals surface area contributed by atoms with Crippen molar-refractivity contribution in [2.24, 2.45) is 0 Å². The molecule has 1 N–H and O–H groups in total. The lowest BCUT2D eigenvalue weighted by Crippen LogP contribution is -1.98. The molecule has 0 unspecified atom stereocenters. The number of nitro benzene ring substituents is 1. The molecule has 0 aromatic heterocycles. The lowest BCUT2D eigenvalue weighted by atomic mass is 10.1. The van der Waals surface area contributed by atoms with Crippen molar-refractivity contribution >= 4 is 5.69 Å². The molecular formula is C15H14FNO4. The van der Waals surface area contributed by atoms with Gasteiger partial charge in [-0.05, 0) is 43.2 Å². The zero-order valence-corrected chi connectivity index (χ0v) is 11.5. The summed E-state index contributed by atoms with van der Waals surface area (Å²) in [6.07, 6.45) is -0.839. The zero-order chi connectivity index (χ0) is 15.6. The minimum absolute atomic E-state index is 0.0751. The third-order valence-corrected chi connectivity index (χ3v) is 2.97. The molecule has 21 heavy (non-hydrogen) atoms. The van der Waals surface area contributed by atoms with Gasteiger partial charge in [0.1, 0.15) is 0 Å². The van der Waals surface area contributed by atoms with Crippen LogP contribution >= 0.6 is 0 Å². The van der Waals surface area contributed by atoms with E-state index in [2.05, 4.69) is 0 Å². The van der Waals surface area contributed by atoms with Crippen LogP contribution in [0.3, 0.4) is 0 Å². The van der Waals surface area contributed by atoms with E-state index in [-0.39, 0.29) is 17.2 Å². The Morgan fingerprint density at radius 2 is 1.95 bits per heavy atom. The van der Waals surface area contributed by atoms with E-state index in [1.165, 1.54) is 37.3 Å². The maximum absolute atomic E-state index is 13.7. The van der Waals surface area contributed by atoms with Gasteiger partial charge < -0.3 is 9.84 Å². The molecule has 2 rings (SSSR count). The minimum atomic E-state index is -0.839. The summed E-state index contributed by atoms with van der Waals surface area (Å²) in [7, 11) is 0. The lowest BCUT2D eigenvalue weighted by molar-refractivity contribution is -0.385. The van der Waals surface area contributed by atoms with Crippen LogP contribution in [-0.2, 0) is 0 Å². The molecule has 0 radical (unpaired) electrons. The first-order valence-corrected chi connectivity index (χ1v) is 6.29. The SMILES string of the molecule is Cc1ccc(F)c(Oc2ccc([C@@H](C)O)cc2[N+](=O)[O-])c1. The van der Waals surface area contributed by atoms with Gasteiger partial charge in [-0.25, -0.2) is 4.39 Å². The van der Waals surface area contributed by atoms with Crippen LogP contribution in [0.15, 0.2) is 36.4 Å². The number of benzene rings is 2. The van der Waals surface area contributed by atoms with Gasteiger partial charge in [0.15, 0.2) is 11.6 Å². The van der Waals surface area contributed by atoms with Gasteiger partial charge in [-0.3, -0.25) is 10.1 Å². The van der Waals surface area contributed by atoms with E-state index in [0.717, 1.165) is 5.56 Å². The quantitative estimate of drug-likeness (QED) is 0.685. The highest BCUT2D eigenvalue weighted by Gasteiger charge is 2.19. The van der Waals surface area contributed by atoms with E-state index in [1.54, 1.807) is 13.0 Å². The number of hydrogen-bond donors (Lipinski definition) is 1. The summed E-state index contributed by atoms with van der Waals surface area (Å²) in [5.74, 6) is -0.758. The fraction of sp³-hybridized carbons (Fsp3) is 0.200. The Hall–Kier alpha value is -2.47. The van der Waals surface area contributed by atoms with Crippen molar-refractivity contribution in [2.45, 2.75) is 20.0 Å². The Kier molecular flexibility index (Phi) is 4.18. The number of halogens is 1. The van der Waals surface area contributed by atoms with Gasteiger partial charge in [0.25, 0.3) is 0 Å². The van der Waals surface area contributed by atoms with E-state index < -0.39 is 16.8 Å². The molecule has 0 heterocycles. The average molecular weight is 291 g/mol. The summed E-state index contributed by atoms with van der Waals surface area (Å²) in [6.45, 7) is 3.26. The second kappa shape index (κ2) is 5.88. The first-order chi connectivity index (χ1) is 9.88. The number of rotatable bonds is 4. The highest BCUT2D eigenvalue weighted by atomic mass is 19.1. The Labute approximate surface area is 120 Å². The van der Waals surface area contributed by atoms with Gasteiger partial charge in [-0.15, -0.1) is 0 Å². The van der Waals surface area contributed by atoms with Crippen molar-refractivity contribution in [3.8, 4) is 11.5 Å². The van der Waals surface area contributed by atoms with Crippen LogP contribution in [0.5, 0.6) is 11.5 Å². The molecule has 1 atom stereocenters. The molecule has 0 fully saturated rings. The summed E-state index contributed by atoms with van der Waals surface area (Å²) < 4.78 is 19.0. The van der Waals surface area contributed by atoms with Crippen LogP contribution in [-0.4, -0.2) is 10.0 Å². The number of hydrogen-bond acceptors (Lipinski definition) is 4. The molecule has 0 amide bonds. The molecule has 0 aliphatic carbocycles. The highest BCUT2D eigenvalue weighted by molar-refractivity contribution is 5.51. The van der Waals surface area contributed by atoms with Gasteiger partial charge in [-0.2, -0.15) is 0 Å². The van der Waals surface area contributed by atoms with Gasteiger partial charge in [0, 0.05) is 6.07 Å². The molecule has 110 valence electrons. The molecule has 5 nitrogen and oxygen atoms in total. The van der Waals surface area contributed by atoms with E-state index >= 15 is 0 Å². The largest absolute Gasteiger partial charge is 0.447 e. The Balaban J connectivity index is 2.44. The monoisotopic (exact) mass is 291 g/mol. The average Bonchev–Trinajstić information content (AvgIpc) is 2.42. The van der Waals surface area contributed by atoms with Crippen molar-refractivity contribution < 1.29 is 19.2 Å². The molecule has 0 saturated carbocycles. The fourth-order valence-electron chi connectivity index (χ4n) is 1.83. The van der Waals surface area contributed by atoms with Crippen LogP contribution in [0, 0.1) is 22.9 Å². The number of nitrogens with zero attached hydrogens (tertiary/aromatic N) is 1. The number of aliphatic hydroxyl groups excluding tert-OH is 1. The summed E-state index contributed by atoms with van der Waals surface area (Å²) in [5.41, 5.74) is 0.836. The Bertz CT molecular complexity index is 685. The van der Waals surface area contributed by atoms with Crippen molar-refractivity contribution in [1.29, 1.82) is 0 Å². The Morgan fingerprint density at radius 1 is 1.24 bits per heavy atom. The maximum atomic E-state index is 13.7. The van der Waals surface area contributed by atoms with Gasteiger partial charge in [-0.1, -0.05) is 12.1 Å². The van der Waals surface area contributed by atoms with E-state index in [0.29, 0.717) is 5.56 Å². The zero-order valence-electron chi connectivity index (χ0n) is 11.5. The minimum Gasteiger partial charge on any atom is -0.447 e. The molecule has 6 heteroatoms. The summed E-state index contributed by atoms with van der Waals surface area (Å²) in [5, 5.41) is 20.6. The number of aliphatic hydroxyl groups is 1. The van der Waals surface area contributed by atoms with Crippen molar-refractivity contribution in [3.63, 3.8) is 0 Å². The van der Waals surface area contributed by atoms with Crippen LogP contribution < -0.4 is 4.74 Å². The molecule has 0 spiro atoms. The molecule has 2 aromatic rings. The number of nitro groups is 1. The maximum Gasteiger partial charge on any atom is 0.311 e. The number of aryl methyl sites for hydroxylation is 1. The van der Waals surface area contributed by atoms with E-state index in [1.807, 2.05) is 0 Å². The highest BCUT2D eigenvalue weighted by Crippen LogP contribution is 2.34. The normalized spacial score (nSPS) is 12.0. The van der Waals surface area contributed by atoms with Gasteiger partial charge in [0.05, 0.1) is 11.0 Å². The first kappa shape index (κ1) is 14.9. The van der Waals surface area contributed by atoms with Gasteiger partial charge >= 0.3 is 5.69 Å². The molecule has 0 aliphatic heterocycles. The van der Waals surface area contributed by atoms with Crippen molar-refractivity contribution in [3.05, 3.63) is 63.5 Å². The van der Waals surface area contributed by atoms with E-state index in [4.69, 9.17) is 4.74 Å².